The number of hydrogen-bond acceptors (Lipinski definition) is 5. The van der Waals surface area contributed by atoms with Gasteiger partial charge in [-0.15, -0.1) is 12.4 Å². The molecule has 2 unspecified atom stereocenters. The van der Waals surface area contributed by atoms with E-state index < -0.39 is 41.2 Å². The van der Waals surface area contributed by atoms with Crippen LogP contribution in [-0.2, 0) is 16.0 Å². The molecular weight excluding hydrogens is 515 g/mol. The van der Waals surface area contributed by atoms with Crippen LogP contribution in [0.1, 0.15) is 12.5 Å². The van der Waals surface area contributed by atoms with Gasteiger partial charge in [0.15, 0.2) is 17.7 Å². The predicted molar refractivity (Wildman–Crippen MR) is 132 cm³/mol. The number of nitrogens with zero attached hydrogens (tertiary/aromatic N) is 1. The number of carboxylic acids is 1. The van der Waals surface area contributed by atoms with Crippen LogP contribution in [0, 0.1) is 29.3 Å². The van der Waals surface area contributed by atoms with Gasteiger partial charge in [0, 0.05) is 50.8 Å². The standard InChI is InChI=1S/C25H28F3N3O5.ClH/c1-2-35-22(24(32)33)9-14-3-5-15(6-4-14)36-8-7-29-23-16-12-31(13-17(16)23)25(34)30-21-11-19(27)18(26)10-20(21)28;/h3-6,10-11,16-17,22-23,29H,2,7-9,12-13H2,1H3,(H,30,34)(H,32,33);1H/t16-,17?,22-,23?;/m0./s1. The Hall–Kier alpha value is -3.02. The van der Waals surface area contributed by atoms with Gasteiger partial charge in [-0.05, 0) is 36.5 Å². The van der Waals surface area contributed by atoms with Crippen molar-refractivity contribution in [3.8, 4) is 5.75 Å². The van der Waals surface area contributed by atoms with Crippen molar-refractivity contribution in [2.24, 2.45) is 11.8 Å². The van der Waals surface area contributed by atoms with Gasteiger partial charge < -0.3 is 30.1 Å². The molecule has 4 rings (SSSR count). The van der Waals surface area contributed by atoms with Crippen LogP contribution in [0.3, 0.4) is 0 Å². The molecule has 2 amide bonds. The fourth-order valence-electron chi connectivity index (χ4n) is 4.56. The number of benzene rings is 2. The lowest BCUT2D eigenvalue weighted by Gasteiger charge is -2.21. The highest BCUT2D eigenvalue weighted by atomic mass is 35.5. The van der Waals surface area contributed by atoms with E-state index in [4.69, 9.17) is 9.47 Å². The van der Waals surface area contributed by atoms with E-state index in [1.54, 1.807) is 19.1 Å². The highest BCUT2D eigenvalue weighted by Crippen LogP contribution is 2.45. The molecule has 2 fully saturated rings. The number of aliphatic carboxylic acids is 1. The van der Waals surface area contributed by atoms with Crippen molar-refractivity contribution in [2.75, 3.05) is 38.2 Å². The SMILES string of the molecule is CCO[C@@H](Cc1ccc(OCCNC2C3CN(C(=O)Nc4cc(F)c(F)cc4F)C[C@@H]32)cc1)C(=O)O.Cl. The second-order valence-electron chi connectivity index (χ2n) is 8.87. The molecule has 2 aromatic carbocycles. The lowest BCUT2D eigenvalue weighted by atomic mass is 10.1. The first kappa shape index (κ1) is 28.5. The minimum atomic E-state index is -1.31. The van der Waals surface area contributed by atoms with Gasteiger partial charge in [-0.3, -0.25) is 0 Å². The molecule has 0 aromatic heterocycles. The van der Waals surface area contributed by atoms with Gasteiger partial charge in [-0.2, -0.15) is 0 Å². The van der Waals surface area contributed by atoms with Crippen LogP contribution in [0.5, 0.6) is 5.75 Å². The summed E-state index contributed by atoms with van der Waals surface area (Å²) in [6.45, 7) is 4.10. The van der Waals surface area contributed by atoms with E-state index in [0.29, 0.717) is 50.7 Å². The number of rotatable bonds is 11. The van der Waals surface area contributed by atoms with Crippen molar-refractivity contribution >= 4 is 30.1 Å². The molecule has 1 aliphatic carbocycles. The van der Waals surface area contributed by atoms with Gasteiger partial charge in [0.2, 0.25) is 0 Å². The molecule has 0 spiro atoms. The fourth-order valence-corrected chi connectivity index (χ4v) is 4.56. The minimum Gasteiger partial charge on any atom is -0.492 e. The third-order valence-electron chi connectivity index (χ3n) is 6.47. The van der Waals surface area contributed by atoms with E-state index in [-0.39, 0.29) is 36.7 Å². The van der Waals surface area contributed by atoms with E-state index in [1.807, 2.05) is 12.1 Å². The van der Waals surface area contributed by atoms with E-state index in [1.165, 1.54) is 4.90 Å². The van der Waals surface area contributed by atoms with Crippen molar-refractivity contribution in [1.82, 2.24) is 10.2 Å². The van der Waals surface area contributed by atoms with Crippen LogP contribution in [0.4, 0.5) is 23.7 Å². The smallest absolute Gasteiger partial charge is 0.333 e. The molecule has 0 bridgehead atoms. The van der Waals surface area contributed by atoms with Gasteiger partial charge in [0.05, 0.1) is 5.69 Å². The Labute approximate surface area is 218 Å². The Morgan fingerprint density at radius 3 is 2.35 bits per heavy atom. The van der Waals surface area contributed by atoms with Crippen LogP contribution in [0.25, 0.3) is 0 Å². The van der Waals surface area contributed by atoms with Gasteiger partial charge >= 0.3 is 12.0 Å². The molecule has 202 valence electrons. The van der Waals surface area contributed by atoms with Gasteiger partial charge in [-0.1, -0.05) is 12.1 Å². The summed E-state index contributed by atoms with van der Waals surface area (Å²) in [7, 11) is 0. The molecule has 1 heterocycles. The number of nitrogens with one attached hydrogen (secondary N) is 2. The Balaban J connectivity index is 0.00000380. The summed E-state index contributed by atoms with van der Waals surface area (Å²) in [5, 5.41) is 14.9. The zero-order valence-corrected chi connectivity index (χ0v) is 20.9. The maximum Gasteiger partial charge on any atom is 0.333 e. The molecule has 3 N–H and O–H groups in total. The van der Waals surface area contributed by atoms with Crippen molar-refractivity contribution in [1.29, 1.82) is 0 Å². The van der Waals surface area contributed by atoms with E-state index in [0.717, 1.165) is 5.56 Å². The summed E-state index contributed by atoms with van der Waals surface area (Å²) in [6.07, 6.45) is -0.599. The molecule has 37 heavy (non-hydrogen) atoms. The topological polar surface area (TPSA) is 100 Å². The maximum absolute atomic E-state index is 13.8. The summed E-state index contributed by atoms with van der Waals surface area (Å²) >= 11 is 0. The number of urea groups is 1. The number of fused-ring (bicyclic) bond motifs is 1. The summed E-state index contributed by atoms with van der Waals surface area (Å²) < 4.78 is 51.1. The zero-order valence-electron chi connectivity index (χ0n) is 20.1. The number of carboxylic acid groups (broad SMARTS) is 1. The number of anilines is 1. The largest absolute Gasteiger partial charge is 0.492 e. The average Bonchev–Trinajstić information content (AvgIpc) is 3.28. The normalized spacial score (nSPS) is 20.5. The number of hydrogen-bond donors (Lipinski definition) is 3. The van der Waals surface area contributed by atoms with Crippen molar-refractivity contribution in [2.45, 2.75) is 25.5 Å². The Morgan fingerprint density at radius 1 is 1.08 bits per heavy atom. The van der Waals surface area contributed by atoms with E-state index >= 15 is 0 Å². The molecule has 2 aromatic rings. The lowest BCUT2D eigenvalue weighted by Crippen LogP contribution is -2.39. The number of carbonyl (C=O) groups is 2. The minimum absolute atomic E-state index is 0. The number of halogens is 4. The first-order valence-corrected chi connectivity index (χ1v) is 11.8. The average molecular weight is 544 g/mol. The molecule has 1 aliphatic heterocycles. The number of likely N-dealkylation sites (tertiary alicyclic amines) is 1. The molecule has 12 heteroatoms. The molecule has 4 atom stereocenters. The maximum atomic E-state index is 13.8. The molecule has 8 nitrogen and oxygen atoms in total. The number of carbonyl (C=O) groups excluding carboxylic acids is 1. The summed E-state index contributed by atoms with van der Waals surface area (Å²) in [5.41, 5.74) is 0.448. The van der Waals surface area contributed by atoms with E-state index in [9.17, 15) is 27.9 Å². The third-order valence-corrected chi connectivity index (χ3v) is 6.47. The van der Waals surface area contributed by atoms with Crippen LogP contribution < -0.4 is 15.4 Å². The Kier molecular flexibility index (Phi) is 9.63. The predicted octanol–water partition coefficient (Wildman–Crippen LogP) is 3.69. The summed E-state index contributed by atoms with van der Waals surface area (Å²) in [6, 6.07) is 7.95. The number of amides is 2. The first-order valence-electron chi connectivity index (χ1n) is 11.8. The van der Waals surface area contributed by atoms with Crippen LogP contribution in [0.15, 0.2) is 36.4 Å². The highest BCUT2D eigenvalue weighted by molar-refractivity contribution is 5.89. The summed E-state index contributed by atoms with van der Waals surface area (Å²) in [4.78, 5) is 25.1. The van der Waals surface area contributed by atoms with Crippen LogP contribution in [0.2, 0.25) is 0 Å². The second-order valence-corrected chi connectivity index (χ2v) is 8.87. The number of ether oxygens (including phenoxy) is 2. The molecule has 0 radical (unpaired) electrons. The van der Waals surface area contributed by atoms with Gasteiger partial charge in [0.1, 0.15) is 18.2 Å². The highest BCUT2D eigenvalue weighted by Gasteiger charge is 2.56. The molecule has 2 aliphatic rings. The van der Waals surface area contributed by atoms with Crippen LogP contribution in [-0.4, -0.2) is 67.0 Å². The van der Waals surface area contributed by atoms with Crippen molar-refractivity contribution in [3.05, 3.63) is 59.4 Å². The Morgan fingerprint density at radius 2 is 1.73 bits per heavy atom. The Bertz CT molecular complexity index is 1100. The molecule has 1 saturated carbocycles. The lowest BCUT2D eigenvalue weighted by molar-refractivity contribution is -0.149. The number of piperidine rings is 1. The van der Waals surface area contributed by atoms with E-state index in [2.05, 4.69) is 10.6 Å². The second kappa shape index (κ2) is 12.5. The summed E-state index contributed by atoms with van der Waals surface area (Å²) in [5.74, 6) is -3.34. The zero-order chi connectivity index (χ0) is 25.8. The fraction of sp³-hybridized carbons (Fsp3) is 0.440. The monoisotopic (exact) mass is 543 g/mol. The van der Waals surface area contributed by atoms with Crippen LogP contribution >= 0.6 is 12.4 Å². The van der Waals surface area contributed by atoms with Gasteiger partial charge in [0.25, 0.3) is 0 Å². The van der Waals surface area contributed by atoms with Crippen molar-refractivity contribution in [3.63, 3.8) is 0 Å². The van der Waals surface area contributed by atoms with Crippen molar-refractivity contribution < 1.29 is 37.3 Å². The first-order chi connectivity index (χ1) is 17.3. The molecular formula is C25H29ClF3N3O5. The molecule has 1 saturated heterocycles. The quantitative estimate of drug-likeness (QED) is 0.295. The third kappa shape index (κ3) is 7.06. The van der Waals surface area contributed by atoms with Gasteiger partial charge in [-0.25, -0.2) is 22.8 Å².